The topological polar surface area (TPSA) is 130 Å². The van der Waals surface area contributed by atoms with Gasteiger partial charge < -0.3 is 9.64 Å². The summed E-state index contributed by atoms with van der Waals surface area (Å²) in [7, 11) is -3.95. The SMILES string of the molecule is C=CCONC(=O)C(CNS(=O)(=O)c1ccc(OCc2cc(C)nc3ccccc23)cc1)N1CCN(C(=O)C(C)C)CC1. The number of para-hydroxylation sites is 1. The summed E-state index contributed by atoms with van der Waals surface area (Å²) >= 11 is 0. The number of piperazine rings is 1. The number of hydroxylamine groups is 1. The van der Waals surface area contributed by atoms with Gasteiger partial charge in [-0.3, -0.25) is 24.3 Å². The highest BCUT2D eigenvalue weighted by Gasteiger charge is 2.32. The van der Waals surface area contributed by atoms with Crippen molar-refractivity contribution in [1.82, 2.24) is 25.0 Å². The Morgan fingerprint density at radius 2 is 1.77 bits per heavy atom. The number of aryl methyl sites for hydroxylation is 1. The zero-order valence-electron chi connectivity index (χ0n) is 24.8. The second kappa shape index (κ2) is 14.6. The molecule has 3 aromatic rings. The Morgan fingerprint density at radius 3 is 2.44 bits per heavy atom. The molecule has 1 aliphatic rings. The molecule has 1 aliphatic heterocycles. The highest BCUT2D eigenvalue weighted by Crippen LogP contribution is 2.22. The Kier molecular flexibility index (Phi) is 10.9. The number of fused-ring (bicyclic) bond motifs is 1. The van der Waals surface area contributed by atoms with E-state index in [0.717, 1.165) is 22.2 Å². The van der Waals surface area contributed by atoms with Crippen molar-refractivity contribution in [2.24, 2.45) is 5.92 Å². The minimum absolute atomic E-state index is 0.0412. The third-order valence-corrected chi connectivity index (χ3v) is 8.60. The number of nitrogens with one attached hydrogen (secondary N) is 2. The maximum absolute atomic E-state index is 13.2. The first kappa shape index (κ1) is 32.1. The van der Waals surface area contributed by atoms with Gasteiger partial charge in [-0.2, -0.15) is 0 Å². The standard InChI is InChI=1S/C31H39N5O6S/c1-5-18-42-34-30(37)29(35-14-16-36(17-15-35)31(38)22(2)3)20-32-43(39,40)26-12-10-25(11-13-26)41-21-24-19-23(4)33-28-9-7-6-8-27(24)28/h5-13,19,22,29,32H,1,14-18,20-21H2,2-4H3,(H,34,37). The van der Waals surface area contributed by atoms with E-state index in [0.29, 0.717) is 38.5 Å². The number of nitrogens with zero attached hydrogens (tertiary/aromatic N) is 3. The summed E-state index contributed by atoms with van der Waals surface area (Å²) in [6.07, 6.45) is 1.49. The number of sulfonamides is 1. The highest BCUT2D eigenvalue weighted by atomic mass is 32.2. The average Bonchev–Trinajstić information content (AvgIpc) is 3.00. The molecular weight excluding hydrogens is 570 g/mol. The first-order valence-electron chi connectivity index (χ1n) is 14.2. The second-order valence-electron chi connectivity index (χ2n) is 10.6. The highest BCUT2D eigenvalue weighted by molar-refractivity contribution is 7.89. The Bertz CT molecular complexity index is 1540. The summed E-state index contributed by atoms with van der Waals surface area (Å²) in [6.45, 7) is 11.1. The molecule has 2 N–H and O–H groups in total. The van der Waals surface area contributed by atoms with Crippen LogP contribution >= 0.6 is 0 Å². The van der Waals surface area contributed by atoms with Crippen molar-refractivity contribution < 1.29 is 27.6 Å². The van der Waals surface area contributed by atoms with E-state index >= 15 is 0 Å². The number of rotatable bonds is 13. The first-order chi connectivity index (χ1) is 20.6. The molecule has 1 saturated heterocycles. The number of hydrogen-bond acceptors (Lipinski definition) is 8. The van der Waals surface area contributed by atoms with Crippen LogP contribution in [-0.4, -0.2) is 80.4 Å². The molecule has 1 atom stereocenters. The second-order valence-corrected chi connectivity index (χ2v) is 12.4. The molecule has 43 heavy (non-hydrogen) atoms. The predicted octanol–water partition coefficient (Wildman–Crippen LogP) is 2.80. The maximum atomic E-state index is 13.2. The van der Waals surface area contributed by atoms with Crippen molar-refractivity contribution in [3.05, 3.63) is 78.5 Å². The van der Waals surface area contributed by atoms with Crippen LogP contribution in [0.5, 0.6) is 5.75 Å². The number of carbonyl (C=O) groups excluding carboxylic acids is 2. The Labute approximate surface area is 252 Å². The lowest BCUT2D eigenvalue weighted by Gasteiger charge is -2.39. The van der Waals surface area contributed by atoms with Crippen LogP contribution in [-0.2, 0) is 31.1 Å². The van der Waals surface area contributed by atoms with Gasteiger partial charge in [-0.25, -0.2) is 18.6 Å². The van der Waals surface area contributed by atoms with Crippen molar-refractivity contribution in [2.75, 3.05) is 39.3 Å². The van der Waals surface area contributed by atoms with Crippen LogP contribution in [0.4, 0.5) is 0 Å². The van der Waals surface area contributed by atoms with Crippen LogP contribution < -0.4 is 14.9 Å². The first-order valence-corrected chi connectivity index (χ1v) is 15.7. The van der Waals surface area contributed by atoms with E-state index in [1.54, 1.807) is 17.0 Å². The molecule has 0 saturated carbocycles. The van der Waals surface area contributed by atoms with Gasteiger partial charge in [0.15, 0.2) is 0 Å². The molecule has 0 bridgehead atoms. The van der Waals surface area contributed by atoms with Crippen molar-refractivity contribution in [1.29, 1.82) is 0 Å². The summed E-state index contributed by atoms with van der Waals surface area (Å²) in [5.41, 5.74) is 5.13. The number of ether oxygens (including phenoxy) is 1. The molecule has 0 spiro atoms. The van der Waals surface area contributed by atoms with Gasteiger partial charge in [-0.1, -0.05) is 38.1 Å². The predicted molar refractivity (Wildman–Crippen MR) is 164 cm³/mol. The van der Waals surface area contributed by atoms with Gasteiger partial charge in [0.25, 0.3) is 5.91 Å². The molecular formula is C31H39N5O6S. The van der Waals surface area contributed by atoms with Gasteiger partial charge in [0.2, 0.25) is 15.9 Å². The van der Waals surface area contributed by atoms with E-state index in [-0.39, 0.29) is 29.9 Å². The van der Waals surface area contributed by atoms with Crippen LogP contribution in [0.2, 0.25) is 0 Å². The largest absolute Gasteiger partial charge is 0.489 e. The van der Waals surface area contributed by atoms with Crippen molar-refractivity contribution in [3.8, 4) is 5.75 Å². The fourth-order valence-electron chi connectivity index (χ4n) is 4.91. The number of aromatic nitrogens is 1. The minimum Gasteiger partial charge on any atom is -0.489 e. The van der Waals surface area contributed by atoms with Crippen molar-refractivity contribution >= 4 is 32.7 Å². The lowest BCUT2D eigenvalue weighted by molar-refractivity contribution is -0.141. The normalized spacial score (nSPS) is 14.9. The van der Waals surface area contributed by atoms with E-state index in [1.165, 1.54) is 18.2 Å². The van der Waals surface area contributed by atoms with E-state index in [9.17, 15) is 18.0 Å². The molecule has 1 unspecified atom stereocenters. The zero-order chi connectivity index (χ0) is 31.0. The van der Waals surface area contributed by atoms with E-state index < -0.39 is 22.0 Å². The van der Waals surface area contributed by atoms with E-state index in [4.69, 9.17) is 9.57 Å². The van der Waals surface area contributed by atoms with Crippen LogP contribution in [0.1, 0.15) is 25.1 Å². The molecule has 4 rings (SSSR count). The lowest BCUT2D eigenvalue weighted by atomic mass is 10.1. The average molecular weight is 610 g/mol. The molecule has 11 nitrogen and oxygen atoms in total. The van der Waals surface area contributed by atoms with Gasteiger partial charge in [-0.05, 0) is 43.3 Å². The van der Waals surface area contributed by atoms with Gasteiger partial charge in [0.1, 0.15) is 18.4 Å². The van der Waals surface area contributed by atoms with Gasteiger partial charge >= 0.3 is 0 Å². The monoisotopic (exact) mass is 609 g/mol. The van der Waals surface area contributed by atoms with Gasteiger partial charge in [0.05, 0.1) is 17.0 Å². The summed E-state index contributed by atoms with van der Waals surface area (Å²) < 4.78 is 34.9. The molecule has 0 radical (unpaired) electrons. The summed E-state index contributed by atoms with van der Waals surface area (Å²) in [4.78, 5) is 38.7. The fraction of sp³-hybridized carbons (Fsp3) is 0.387. The molecule has 1 fully saturated rings. The molecule has 2 heterocycles. The number of hydrogen-bond donors (Lipinski definition) is 2. The molecule has 0 aliphatic carbocycles. The summed E-state index contributed by atoms with van der Waals surface area (Å²) in [5, 5.41) is 0.998. The lowest BCUT2D eigenvalue weighted by Crippen LogP contribution is -2.59. The van der Waals surface area contributed by atoms with Crippen LogP contribution in [0.25, 0.3) is 10.9 Å². The van der Waals surface area contributed by atoms with Crippen molar-refractivity contribution in [2.45, 2.75) is 38.3 Å². The third-order valence-electron chi connectivity index (χ3n) is 7.16. The van der Waals surface area contributed by atoms with Crippen LogP contribution in [0.15, 0.2) is 72.1 Å². The smallest absolute Gasteiger partial charge is 0.262 e. The fourth-order valence-corrected chi connectivity index (χ4v) is 5.95. The molecule has 230 valence electrons. The number of benzene rings is 2. The molecule has 2 amide bonds. The Balaban J connectivity index is 1.40. The summed E-state index contributed by atoms with van der Waals surface area (Å²) in [5.74, 6) is -0.0488. The third kappa shape index (κ3) is 8.38. The molecule has 1 aromatic heterocycles. The summed E-state index contributed by atoms with van der Waals surface area (Å²) in [6, 6.07) is 15.1. The zero-order valence-corrected chi connectivity index (χ0v) is 25.6. The Morgan fingerprint density at radius 1 is 1.07 bits per heavy atom. The van der Waals surface area contributed by atoms with Crippen LogP contribution in [0, 0.1) is 12.8 Å². The van der Waals surface area contributed by atoms with Gasteiger partial charge in [0, 0.05) is 55.3 Å². The maximum Gasteiger partial charge on any atom is 0.262 e. The number of pyridine rings is 1. The van der Waals surface area contributed by atoms with E-state index in [1.807, 2.05) is 56.0 Å². The van der Waals surface area contributed by atoms with Crippen LogP contribution in [0.3, 0.4) is 0 Å². The van der Waals surface area contributed by atoms with E-state index in [2.05, 4.69) is 21.8 Å². The quantitative estimate of drug-likeness (QED) is 0.172. The molecule has 12 heteroatoms. The molecule has 2 aromatic carbocycles. The number of carbonyl (C=O) groups is 2. The minimum atomic E-state index is -3.95. The van der Waals surface area contributed by atoms with Crippen molar-refractivity contribution in [3.63, 3.8) is 0 Å². The Hall–Kier alpha value is -3.84. The van der Waals surface area contributed by atoms with Gasteiger partial charge in [-0.15, -0.1) is 6.58 Å². The number of amides is 2.